The molecule has 11 heteroatoms. The lowest BCUT2D eigenvalue weighted by Gasteiger charge is -2.27. The van der Waals surface area contributed by atoms with Crippen molar-refractivity contribution in [2.24, 2.45) is 0 Å². The number of aromatic nitrogens is 3. The number of ether oxygens (including phenoxy) is 2. The van der Waals surface area contributed by atoms with Crippen LogP contribution in [0.15, 0.2) is 48.7 Å². The van der Waals surface area contributed by atoms with E-state index in [1.54, 1.807) is 7.11 Å². The second-order valence-electron chi connectivity index (χ2n) is 12.3. The number of aryl methyl sites for hydroxylation is 2. The molecule has 2 aromatic carbocycles. The van der Waals surface area contributed by atoms with Crippen molar-refractivity contribution in [1.29, 1.82) is 0 Å². The number of carbonyl (C=O) groups excluding carboxylic acids is 1. The van der Waals surface area contributed by atoms with Gasteiger partial charge >= 0.3 is 6.03 Å². The van der Waals surface area contributed by atoms with Gasteiger partial charge in [0.25, 0.3) is 0 Å². The van der Waals surface area contributed by atoms with Crippen LogP contribution in [-0.4, -0.2) is 78.2 Å². The fraction of sp³-hybridized carbons (Fsp3) is 0.472. The number of piperazine rings is 1. The van der Waals surface area contributed by atoms with Crippen LogP contribution in [0.2, 0.25) is 0 Å². The Bertz CT molecular complexity index is 1660. The van der Waals surface area contributed by atoms with Crippen molar-refractivity contribution in [2.45, 2.75) is 65.3 Å². The van der Waals surface area contributed by atoms with Crippen LogP contribution >= 0.6 is 0 Å². The quantitative estimate of drug-likeness (QED) is 0.176. The number of nitrogens with zero attached hydrogens (tertiary/aromatic N) is 4. The summed E-state index contributed by atoms with van der Waals surface area (Å²) < 4.78 is 13.3. The second-order valence-corrected chi connectivity index (χ2v) is 12.3. The molecule has 4 aromatic rings. The molecule has 0 saturated carbocycles. The number of anilines is 1. The van der Waals surface area contributed by atoms with Gasteiger partial charge in [0, 0.05) is 88.4 Å². The average Bonchev–Trinajstić information content (AvgIpc) is 3.54. The molecule has 0 bridgehead atoms. The predicted molar refractivity (Wildman–Crippen MR) is 186 cm³/mol. The van der Waals surface area contributed by atoms with Crippen LogP contribution in [0.25, 0.3) is 22.2 Å². The number of rotatable bonds is 12. The third-order valence-corrected chi connectivity index (χ3v) is 9.17. The summed E-state index contributed by atoms with van der Waals surface area (Å²) in [6, 6.07) is 14.8. The van der Waals surface area contributed by atoms with Gasteiger partial charge in [-0.05, 0) is 61.1 Å². The summed E-state index contributed by atoms with van der Waals surface area (Å²) in [4.78, 5) is 20.7. The summed E-state index contributed by atoms with van der Waals surface area (Å²) in [5, 5.41) is 18.9. The molecule has 2 saturated heterocycles. The Morgan fingerprint density at radius 2 is 1.85 bits per heavy atom. The number of pyridine rings is 1. The molecule has 2 aliphatic heterocycles. The number of benzene rings is 2. The van der Waals surface area contributed by atoms with Gasteiger partial charge in [0.05, 0.1) is 24.4 Å². The maximum Gasteiger partial charge on any atom is 0.315 e. The van der Waals surface area contributed by atoms with Crippen LogP contribution in [0.3, 0.4) is 0 Å². The minimum Gasteiger partial charge on any atom is -0.496 e. The van der Waals surface area contributed by atoms with Gasteiger partial charge in [0.15, 0.2) is 5.65 Å². The Kier molecular flexibility index (Phi) is 10.9. The van der Waals surface area contributed by atoms with Gasteiger partial charge in [-0.15, -0.1) is 0 Å². The molecule has 0 atom stereocenters. The SMILES string of the molecule is CCc1nc2c(cnn2CC)c(NC2CCOCC2)c1CNC(=O)NCc1ccc(OC)c(-c2cccc(CN3CCNCC3)c2)c1. The van der Waals surface area contributed by atoms with Gasteiger partial charge in [-0.2, -0.15) is 5.10 Å². The topological polar surface area (TPSA) is 118 Å². The maximum absolute atomic E-state index is 13.2. The summed E-state index contributed by atoms with van der Waals surface area (Å²) in [5.41, 5.74) is 8.24. The Morgan fingerprint density at radius 1 is 1.04 bits per heavy atom. The Hall–Kier alpha value is -4.19. The van der Waals surface area contributed by atoms with Crippen LogP contribution in [-0.2, 0) is 37.3 Å². The van der Waals surface area contributed by atoms with Crippen LogP contribution in [0.4, 0.5) is 10.5 Å². The lowest BCUT2D eigenvalue weighted by atomic mass is 9.99. The molecule has 0 radical (unpaired) electrons. The minimum atomic E-state index is -0.233. The first kappa shape index (κ1) is 32.7. The van der Waals surface area contributed by atoms with E-state index in [0.717, 1.165) is 122 Å². The van der Waals surface area contributed by atoms with Crippen molar-refractivity contribution in [3.05, 3.63) is 71.0 Å². The summed E-state index contributed by atoms with van der Waals surface area (Å²) in [6.07, 6.45) is 4.51. The molecule has 0 unspecified atom stereocenters. The summed E-state index contributed by atoms with van der Waals surface area (Å²) in [7, 11) is 1.70. The lowest BCUT2D eigenvalue weighted by Crippen LogP contribution is -2.42. The van der Waals surface area contributed by atoms with Gasteiger partial charge in [0.1, 0.15) is 5.75 Å². The molecule has 250 valence electrons. The molecule has 0 aliphatic carbocycles. The van der Waals surface area contributed by atoms with E-state index in [2.05, 4.69) is 75.4 Å². The summed E-state index contributed by atoms with van der Waals surface area (Å²) in [6.45, 7) is 12.2. The van der Waals surface area contributed by atoms with E-state index in [1.807, 2.05) is 23.0 Å². The van der Waals surface area contributed by atoms with E-state index < -0.39 is 0 Å². The van der Waals surface area contributed by atoms with Gasteiger partial charge < -0.3 is 30.7 Å². The largest absolute Gasteiger partial charge is 0.496 e. The Labute approximate surface area is 277 Å². The first-order valence-electron chi connectivity index (χ1n) is 17.0. The molecular weight excluding hydrogens is 592 g/mol. The Morgan fingerprint density at radius 3 is 2.62 bits per heavy atom. The molecule has 4 N–H and O–H groups in total. The van der Waals surface area contributed by atoms with Crippen LogP contribution in [0, 0.1) is 0 Å². The number of hydrogen-bond donors (Lipinski definition) is 4. The number of urea groups is 1. The van der Waals surface area contributed by atoms with Crippen molar-refractivity contribution in [1.82, 2.24) is 35.6 Å². The number of hydrogen-bond acceptors (Lipinski definition) is 8. The average molecular weight is 641 g/mol. The highest BCUT2D eigenvalue weighted by molar-refractivity contribution is 5.92. The highest BCUT2D eigenvalue weighted by atomic mass is 16.5. The highest BCUT2D eigenvalue weighted by Crippen LogP contribution is 2.33. The second kappa shape index (κ2) is 15.6. The minimum absolute atomic E-state index is 0.233. The first-order chi connectivity index (χ1) is 23.1. The smallest absolute Gasteiger partial charge is 0.315 e. The van der Waals surface area contributed by atoms with E-state index in [-0.39, 0.29) is 6.03 Å². The zero-order valence-corrected chi connectivity index (χ0v) is 27.9. The third-order valence-electron chi connectivity index (χ3n) is 9.17. The van der Waals surface area contributed by atoms with Crippen LogP contribution < -0.4 is 26.0 Å². The molecule has 0 spiro atoms. The van der Waals surface area contributed by atoms with Gasteiger partial charge in [-0.1, -0.05) is 31.2 Å². The molecular formula is C36H48N8O3. The fourth-order valence-electron chi connectivity index (χ4n) is 6.57. The zero-order valence-electron chi connectivity index (χ0n) is 27.9. The fourth-order valence-corrected chi connectivity index (χ4v) is 6.57. The molecule has 2 aliphatic rings. The number of fused-ring (bicyclic) bond motifs is 1. The number of carbonyl (C=O) groups is 1. The summed E-state index contributed by atoms with van der Waals surface area (Å²) in [5.74, 6) is 0.809. The zero-order chi connectivity index (χ0) is 32.6. The van der Waals surface area contributed by atoms with Gasteiger partial charge in [-0.25, -0.2) is 14.5 Å². The molecule has 11 nitrogen and oxygen atoms in total. The molecule has 6 rings (SSSR count). The molecule has 2 aromatic heterocycles. The van der Waals surface area contributed by atoms with E-state index in [0.29, 0.717) is 19.1 Å². The standard InChI is InChI=1S/C36H48N8O3/c1-4-32-30(34(41-28-11-17-47-18-12-28)31-23-40-44(5-2)35(31)42-32)22-39-36(45)38-21-25-9-10-33(46-3)29(20-25)27-8-6-7-26(19-27)24-43-15-13-37-14-16-43/h6-10,19-20,23,28,37H,4-5,11-18,21-22,24H2,1-3H3,(H,41,42)(H2,38,39,45). The number of methoxy groups -OCH3 is 1. The highest BCUT2D eigenvalue weighted by Gasteiger charge is 2.22. The molecule has 4 heterocycles. The van der Waals surface area contributed by atoms with Crippen molar-refractivity contribution in [3.63, 3.8) is 0 Å². The van der Waals surface area contributed by atoms with E-state index in [1.165, 1.54) is 5.56 Å². The molecule has 2 fully saturated rings. The van der Waals surface area contributed by atoms with Gasteiger partial charge in [-0.3, -0.25) is 4.90 Å². The van der Waals surface area contributed by atoms with Crippen molar-refractivity contribution in [3.8, 4) is 16.9 Å². The van der Waals surface area contributed by atoms with Crippen molar-refractivity contribution in [2.75, 3.05) is 51.8 Å². The number of amides is 2. The Balaban J connectivity index is 1.15. The normalized spacial score (nSPS) is 15.9. The third kappa shape index (κ3) is 7.86. The maximum atomic E-state index is 13.2. The lowest BCUT2D eigenvalue weighted by molar-refractivity contribution is 0.0904. The van der Waals surface area contributed by atoms with Crippen molar-refractivity contribution >= 4 is 22.8 Å². The molecule has 2 amide bonds. The van der Waals surface area contributed by atoms with Gasteiger partial charge in [0.2, 0.25) is 0 Å². The van der Waals surface area contributed by atoms with Crippen molar-refractivity contribution < 1.29 is 14.3 Å². The first-order valence-corrected chi connectivity index (χ1v) is 17.0. The van der Waals surface area contributed by atoms with E-state index in [9.17, 15) is 4.79 Å². The van der Waals surface area contributed by atoms with E-state index in [4.69, 9.17) is 14.5 Å². The predicted octanol–water partition coefficient (Wildman–Crippen LogP) is 4.68. The molecule has 47 heavy (non-hydrogen) atoms. The summed E-state index contributed by atoms with van der Waals surface area (Å²) >= 11 is 0. The number of nitrogens with one attached hydrogen (secondary N) is 4. The van der Waals surface area contributed by atoms with Crippen LogP contribution in [0.1, 0.15) is 49.1 Å². The van der Waals surface area contributed by atoms with Crippen LogP contribution in [0.5, 0.6) is 5.75 Å². The van der Waals surface area contributed by atoms with E-state index >= 15 is 0 Å². The monoisotopic (exact) mass is 640 g/mol.